The highest BCUT2D eigenvalue weighted by molar-refractivity contribution is 5.98. The highest BCUT2D eigenvalue weighted by atomic mass is 16.2. The van der Waals surface area contributed by atoms with Crippen molar-refractivity contribution in [2.24, 2.45) is 0 Å². The SMILES string of the molecule is CN1CCCC1CNC(=O)c1ccc(C(=O)NC(C)(C)C)cc1. The molecule has 1 heterocycles. The summed E-state index contributed by atoms with van der Waals surface area (Å²) in [5.74, 6) is -0.217. The zero-order valence-electron chi connectivity index (χ0n) is 14.5. The molecule has 1 saturated heterocycles. The monoisotopic (exact) mass is 317 g/mol. The normalized spacial score (nSPS) is 18.7. The number of rotatable bonds is 4. The number of hydrogen-bond acceptors (Lipinski definition) is 3. The summed E-state index contributed by atoms with van der Waals surface area (Å²) in [6, 6.07) is 7.21. The first-order valence-electron chi connectivity index (χ1n) is 8.17. The van der Waals surface area contributed by atoms with E-state index in [1.54, 1.807) is 24.3 Å². The van der Waals surface area contributed by atoms with Crippen LogP contribution in [0.15, 0.2) is 24.3 Å². The van der Waals surface area contributed by atoms with Crippen LogP contribution < -0.4 is 10.6 Å². The zero-order valence-corrected chi connectivity index (χ0v) is 14.5. The van der Waals surface area contributed by atoms with Gasteiger partial charge in [-0.3, -0.25) is 9.59 Å². The highest BCUT2D eigenvalue weighted by Crippen LogP contribution is 2.14. The number of nitrogens with zero attached hydrogens (tertiary/aromatic N) is 1. The van der Waals surface area contributed by atoms with Gasteiger partial charge in [-0.2, -0.15) is 0 Å². The molecular formula is C18H27N3O2. The van der Waals surface area contributed by atoms with Crippen molar-refractivity contribution in [2.45, 2.75) is 45.2 Å². The molecule has 5 nitrogen and oxygen atoms in total. The van der Waals surface area contributed by atoms with Gasteiger partial charge in [0, 0.05) is 29.3 Å². The van der Waals surface area contributed by atoms with Crippen molar-refractivity contribution >= 4 is 11.8 Å². The number of carbonyl (C=O) groups excluding carboxylic acids is 2. The van der Waals surface area contributed by atoms with Gasteiger partial charge in [0.05, 0.1) is 0 Å². The Morgan fingerprint density at radius 1 is 1.13 bits per heavy atom. The molecule has 0 aromatic heterocycles. The number of likely N-dealkylation sites (tertiary alicyclic amines) is 1. The molecule has 0 aliphatic carbocycles. The van der Waals surface area contributed by atoms with Crippen molar-refractivity contribution in [3.63, 3.8) is 0 Å². The second-order valence-corrected chi connectivity index (χ2v) is 7.27. The van der Waals surface area contributed by atoms with E-state index in [2.05, 4.69) is 22.6 Å². The van der Waals surface area contributed by atoms with E-state index in [9.17, 15) is 9.59 Å². The van der Waals surface area contributed by atoms with Gasteiger partial charge in [0.25, 0.3) is 11.8 Å². The van der Waals surface area contributed by atoms with Crippen LogP contribution in [0.3, 0.4) is 0 Å². The van der Waals surface area contributed by atoms with Gasteiger partial charge in [0.1, 0.15) is 0 Å². The Kier molecular flexibility index (Phi) is 5.42. The van der Waals surface area contributed by atoms with Gasteiger partial charge in [0.15, 0.2) is 0 Å². The van der Waals surface area contributed by atoms with Gasteiger partial charge in [-0.25, -0.2) is 0 Å². The summed E-state index contributed by atoms with van der Waals surface area (Å²) in [4.78, 5) is 26.5. The summed E-state index contributed by atoms with van der Waals surface area (Å²) >= 11 is 0. The van der Waals surface area contributed by atoms with Crippen molar-refractivity contribution in [3.8, 4) is 0 Å². The molecule has 1 unspecified atom stereocenters. The summed E-state index contributed by atoms with van der Waals surface area (Å²) in [6.45, 7) is 7.58. The average molecular weight is 317 g/mol. The minimum absolute atomic E-state index is 0.0897. The molecule has 2 N–H and O–H groups in total. The molecule has 0 radical (unpaired) electrons. The summed E-state index contributed by atoms with van der Waals surface area (Å²) < 4.78 is 0. The predicted molar refractivity (Wildman–Crippen MR) is 91.6 cm³/mol. The van der Waals surface area contributed by atoms with Gasteiger partial charge < -0.3 is 15.5 Å². The van der Waals surface area contributed by atoms with E-state index in [-0.39, 0.29) is 17.4 Å². The summed E-state index contributed by atoms with van der Waals surface area (Å²) in [5.41, 5.74) is 0.866. The number of hydrogen-bond donors (Lipinski definition) is 2. The fourth-order valence-electron chi connectivity index (χ4n) is 2.74. The zero-order chi connectivity index (χ0) is 17.0. The van der Waals surface area contributed by atoms with Crippen LogP contribution >= 0.6 is 0 Å². The Morgan fingerprint density at radius 3 is 2.17 bits per heavy atom. The van der Waals surface area contributed by atoms with Crippen molar-refractivity contribution in [1.29, 1.82) is 0 Å². The van der Waals surface area contributed by atoms with Crippen LogP contribution in [-0.4, -0.2) is 48.4 Å². The Hall–Kier alpha value is -1.88. The lowest BCUT2D eigenvalue weighted by atomic mass is 10.1. The Labute approximate surface area is 138 Å². The third-order valence-corrected chi connectivity index (χ3v) is 4.07. The second kappa shape index (κ2) is 7.13. The maximum absolute atomic E-state index is 12.2. The van der Waals surface area contributed by atoms with E-state index in [1.807, 2.05) is 20.8 Å². The lowest BCUT2D eigenvalue weighted by molar-refractivity contribution is 0.0914. The van der Waals surface area contributed by atoms with E-state index in [0.29, 0.717) is 23.7 Å². The number of nitrogens with one attached hydrogen (secondary N) is 2. The molecule has 0 saturated carbocycles. The molecule has 0 bridgehead atoms. The lowest BCUT2D eigenvalue weighted by Gasteiger charge is -2.20. The maximum atomic E-state index is 12.2. The van der Waals surface area contributed by atoms with Crippen molar-refractivity contribution in [1.82, 2.24) is 15.5 Å². The maximum Gasteiger partial charge on any atom is 0.251 e. The lowest BCUT2D eigenvalue weighted by Crippen LogP contribution is -2.40. The molecule has 126 valence electrons. The van der Waals surface area contributed by atoms with Gasteiger partial charge >= 0.3 is 0 Å². The third kappa shape index (κ3) is 5.06. The van der Waals surface area contributed by atoms with Crippen LogP contribution in [0.4, 0.5) is 0 Å². The molecule has 1 fully saturated rings. The first-order chi connectivity index (χ1) is 10.8. The molecule has 1 aromatic carbocycles. The fourth-order valence-corrected chi connectivity index (χ4v) is 2.74. The van der Waals surface area contributed by atoms with E-state index in [0.717, 1.165) is 13.0 Å². The molecule has 23 heavy (non-hydrogen) atoms. The minimum Gasteiger partial charge on any atom is -0.350 e. The molecule has 1 aromatic rings. The average Bonchev–Trinajstić information content (AvgIpc) is 2.88. The van der Waals surface area contributed by atoms with E-state index >= 15 is 0 Å². The smallest absolute Gasteiger partial charge is 0.251 e. The molecule has 5 heteroatoms. The number of likely N-dealkylation sites (N-methyl/N-ethyl adjacent to an activating group) is 1. The minimum atomic E-state index is -0.277. The Morgan fingerprint density at radius 2 is 1.70 bits per heavy atom. The molecule has 1 aliphatic rings. The quantitative estimate of drug-likeness (QED) is 0.893. The van der Waals surface area contributed by atoms with Crippen LogP contribution in [-0.2, 0) is 0 Å². The second-order valence-electron chi connectivity index (χ2n) is 7.27. The number of amides is 2. The van der Waals surface area contributed by atoms with E-state index in [4.69, 9.17) is 0 Å². The largest absolute Gasteiger partial charge is 0.350 e. The Bertz CT molecular complexity index is 561. The number of benzene rings is 1. The summed E-state index contributed by atoms with van der Waals surface area (Å²) in [6.07, 6.45) is 2.32. The third-order valence-electron chi connectivity index (χ3n) is 4.07. The van der Waals surface area contributed by atoms with Crippen LogP contribution in [0.5, 0.6) is 0 Å². The molecular weight excluding hydrogens is 290 g/mol. The summed E-state index contributed by atoms with van der Waals surface area (Å²) in [7, 11) is 2.09. The van der Waals surface area contributed by atoms with Crippen LogP contribution in [0, 0.1) is 0 Å². The highest BCUT2D eigenvalue weighted by Gasteiger charge is 2.21. The van der Waals surface area contributed by atoms with Crippen molar-refractivity contribution < 1.29 is 9.59 Å². The first-order valence-corrected chi connectivity index (χ1v) is 8.17. The van der Waals surface area contributed by atoms with E-state index in [1.165, 1.54) is 6.42 Å². The molecule has 1 atom stereocenters. The topological polar surface area (TPSA) is 61.4 Å². The molecule has 2 amide bonds. The van der Waals surface area contributed by atoms with Crippen LogP contribution in [0.25, 0.3) is 0 Å². The standard InChI is InChI=1S/C18H27N3O2/c1-18(2,3)20-17(23)14-9-7-13(8-10-14)16(22)19-12-15-6-5-11-21(15)4/h7-10,15H,5-6,11-12H2,1-4H3,(H,19,22)(H,20,23). The van der Waals surface area contributed by atoms with Crippen LogP contribution in [0.2, 0.25) is 0 Å². The predicted octanol–water partition coefficient (Wildman–Crippen LogP) is 2.04. The number of carbonyl (C=O) groups is 2. The van der Waals surface area contributed by atoms with Gasteiger partial charge in [0.2, 0.25) is 0 Å². The molecule has 0 spiro atoms. The molecule has 1 aliphatic heterocycles. The van der Waals surface area contributed by atoms with Gasteiger partial charge in [-0.05, 0) is 71.5 Å². The Balaban J connectivity index is 1.91. The fraction of sp³-hybridized carbons (Fsp3) is 0.556. The van der Waals surface area contributed by atoms with E-state index < -0.39 is 0 Å². The van der Waals surface area contributed by atoms with Crippen LogP contribution in [0.1, 0.15) is 54.3 Å². The van der Waals surface area contributed by atoms with Gasteiger partial charge in [-0.15, -0.1) is 0 Å². The first kappa shape index (κ1) is 17.5. The van der Waals surface area contributed by atoms with Crippen molar-refractivity contribution in [3.05, 3.63) is 35.4 Å². The van der Waals surface area contributed by atoms with Gasteiger partial charge in [-0.1, -0.05) is 0 Å². The van der Waals surface area contributed by atoms with Crippen molar-refractivity contribution in [2.75, 3.05) is 20.1 Å². The summed E-state index contributed by atoms with van der Waals surface area (Å²) in [5, 5.41) is 5.88. The molecule has 2 rings (SSSR count).